The molecule has 150 valence electrons. The third-order valence-corrected chi connectivity index (χ3v) is 7.12. The maximum atomic E-state index is 13.3. The van der Waals surface area contributed by atoms with Gasteiger partial charge in [0.2, 0.25) is 5.91 Å². The minimum Gasteiger partial charge on any atom is -0.350 e. The molecule has 0 unspecified atom stereocenters. The molecule has 0 saturated carbocycles. The second-order valence-corrected chi connectivity index (χ2v) is 8.69. The molecule has 5 nitrogen and oxygen atoms in total. The number of hydrogen-bond donors (Lipinski definition) is 2. The fourth-order valence-electron chi connectivity index (χ4n) is 5.03. The van der Waals surface area contributed by atoms with Crippen LogP contribution in [0.25, 0.3) is 10.9 Å². The topological polar surface area (TPSA) is 65.2 Å². The van der Waals surface area contributed by atoms with Crippen molar-refractivity contribution >= 4 is 41.7 Å². The molecule has 2 aliphatic heterocycles. The van der Waals surface area contributed by atoms with Crippen molar-refractivity contribution in [1.29, 1.82) is 0 Å². The number of benzene rings is 2. The number of piperidine rings is 1. The molecule has 2 amide bonds. The predicted octanol–water partition coefficient (Wildman–Crippen LogP) is 3.01. The largest absolute Gasteiger partial charge is 0.350 e. The van der Waals surface area contributed by atoms with E-state index in [1.54, 1.807) is 6.07 Å². The Morgan fingerprint density at radius 2 is 1.80 bits per heavy atom. The number of H-pyrrole nitrogens is 1. The summed E-state index contributed by atoms with van der Waals surface area (Å²) in [4.78, 5) is 31.4. The van der Waals surface area contributed by atoms with E-state index in [0.717, 1.165) is 27.7 Å². The number of anilines is 1. The summed E-state index contributed by atoms with van der Waals surface area (Å²) in [6.45, 7) is 7.22. The lowest BCUT2D eigenvalue weighted by Crippen LogP contribution is -2.48. The molecule has 2 radical (unpaired) electrons. The van der Waals surface area contributed by atoms with E-state index in [0.29, 0.717) is 37.1 Å². The summed E-state index contributed by atoms with van der Waals surface area (Å²) in [5, 5.41) is 4.09. The number of carbonyl (C=O) groups excluding carboxylic acids is 2. The normalized spacial score (nSPS) is 17.4. The van der Waals surface area contributed by atoms with Crippen molar-refractivity contribution < 1.29 is 9.59 Å². The van der Waals surface area contributed by atoms with Crippen LogP contribution in [0.5, 0.6) is 0 Å². The van der Waals surface area contributed by atoms with E-state index in [2.05, 4.69) is 36.3 Å². The highest BCUT2D eigenvalue weighted by atomic mass is 16.2. The van der Waals surface area contributed by atoms with Crippen molar-refractivity contribution in [3.63, 3.8) is 0 Å². The Morgan fingerprint density at radius 1 is 1.07 bits per heavy atom. The van der Waals surface area contributed by atoms with E-state index >= 15 is 0 Å². The minimum absolute atomic E-state index is 0.00167. The number of carbonyl (C=O) groups is 2. The third-order valence-electron chi connectivity index (χ3n) is 7.12. The standard InChI is InChI=1S/C24H24BN3O2/c1-13-4-6-17-15(3)21(27-20(17)14(13)2)22(29)28-10-8-24(9-11-28)18-12-16(25)5-7-19(18)26-23(24)30/h4-7,12,27H,8-11H2,1-3H3,(H,26,30). The van der Waals surface area contributed by atoms with Crippen LogP contribution in [0.4, 0.5) is 5.69 Å². The van der Waals surface area contributed by atoms with Gasteiger partial charge in [-0.2, -0.15) is 0 Å². The number of fused-ring (bicyclic) bond motifs is 3. The van der Waals surface area contributed by atoms with Crippen LogP contribution in [0.3, 0.4) is 0 Å². The fraction of sp³-hybridized carbons (Fsp3) is 0.333. The first-order chi connectivity index (χ1) is 14.3. The van der Waals surface area contributed by atoms with Crippen molar-refractivity contribution in [2.75, 3.05) is 18.4 Å². The summed E-state index contributed by atoms with van der Waals surface area (Å²) in [7, 11) is 5.99. The second-order valence-electron chi connectivity index (χ2n) is 8.69. The first-order valence-corrected chi connectivity index (χ1v) is 10.4. The van der Waals surface area contributed by atoms with Crippen LogP contribution in [0, 0.1) is 20.8 Å². The van der Waals surface area contributed by atoms with E-state index in [9.17, 15) is 9.59 Å². The molecule has 0 bridgehead atoms. The predicted molar refractivity (Wildman–Crippen MR) is 120 cm³/mol. The Hall–Kier alpha value is -3.02. The van der Waals surface area contributed by atoms with Gasteiger partial charge in [-0.1, -0.05) is 29.7 Å². The number of nitrogens with one attached hydrogen (secondary N) is 2. The Labute approximate surface area is 177 Å². The number of likely N-dealkylation sites (tertiary alicyclic amines) is 1. The van der Waals surface area contributed by atoms with Gasteiger partial charge in [0, 0.05) is 29.7 Å². The highest BCUT2D eigenvalue weighted by molar-refractivity contribution is 6.32. The van der Waals surface area contributed by atoms with E-state index in [1.165, 1.54) is 11.1 Å². The number of aryl methyl sites for hydroxylation is 3. The lowest BCUT2D eigenvalue weighted by Gasteiger charge is -2.38. The zero-order valence-corrected chi connectivity index (χ0v) is 17.6. The first-order valence-electron chi connectivity index (χ1n) is 10.4. The van der Waals surface area contributed by atoms with Crippen LogP contribution >= 0.6 is 0 Å². The molecule has 5 rings (SSSR count). The van der Waals surface area contributed by atoms with Crippen molar-refractivity contribution in [3.8, 4) is 0 Å². The molecule has 0 atom stereocenters. The van der Waals surface area contributed by atoms with Gasteiger partial charge in [0.25, 0.3) is 5.91 Å². The lowest BCUT2D eigenvalue weighted by atomic mass is 9.72. The van der Waals surface area contributed by atoms with E-state index in [1.807, 2.05) is 24.0 Å². The number of aromatic amines is 1. The van der Waals surface area contributed by atoms with Crippen molar-refractivity contribution in [3.05, 3.63) is 58.3 Å². The van der Waals surface area contributed by atoms with Crippen LogP contribution in [-0.4, -0.2) is 42.6 Å². The molecule has 2 N–H and O–H groups in total. The van der Waals surface area contributed by atoms with E-state index in [-0.39, 0.29) is 11.8 Å². The number of rotatable bonds is 1. The highest BCUT2D eigenvalue weighted by Crippen LogP contribution is 2.44. The molecule has 3 aromatic rings. The van der Waals surface area contributed by atoms with Gasteiger partial charge >= 0.3 is 0 Å². The van der Waals surface area contributed by atoms with Gasteiger partial charge in [0.15, 0.2) is 0 Å². The van der Waals surface area contributed by atoms with Crippen molar-refractivity contribution in [1.82, 2.24) is 9.88 Å². The van der Waals surface area contributed by atoms with E-state index in [4.69, 9.17) is 7.85 Å². The average Bonchev–Trinajstić information content (AvgIpc) is 3.20. The summed E-state index contributed by atoms with van der Waals surface area (Å²) in [5.41, 5.74) is 6.90. The Morgan fingerprint density at radius 3 is 2.53 bits per heavy atom. The molecular weight excluding hydrogens is 373 g/mol. The van der Waals surface area contributed by atoms with Crippen LogP contribution in [0.1, 0.15) is 45.6 Å². The number of nitrogens with zero attached hydrogens (tertiary/aromatic N) is 1. The van der Waals surface area contributed by atoms with Gasteiger partial charge in [-0.15, -0.1) is 0 Å². The van der Waals surface area contributed by atoms with Gasteiger partial charge in [-0.25, -0.2) is 0 Å². The first kappa shape index (κ1) is 19.0. The fourth-order valence-corrected chi connectivity index (χ4v) is 5.03. The molecule has 1 spiro atoms. The molecule has 1 aromatic heterocycles. The van der Waals surface area contributed by atoms with Crippen LogP contribution < -0.4 is 10.8 Å². The zero-order valence-electron chi connectivity index (χ0n) is 17.6. The van der Waals surface area contributed by atoms with Crippen LogP contribution in [-0.2, 0) is 10.2 Å². The molecular formula is C24H24BN3O2. The van der Waals surface area contributed by atoms with E-state index < -0.39 is 5.41 Å². The summed E-state index contributed by atoms with van der Waals surface area (Å²) >= 11 is 0. The Bertz CT molecular complexity index is 1220. The molecule has 30 heavy (non-hydrogen) atoms. The molecule has 2 aromatic carbocycles. The molecule has 1 saturated heterocycles. The molecule has 2 aliphatic rings. The SMILES string of the molecule is [B]c1ccc2c(c1)C1(CCN(C(=O)c3[nH]c4c(C)c(C)ccc4c3C)CC1)C(=O)N2. The number of amides is 2. The number of aromatic nitrogens is 1. The zero-order chi connectivity index (χ0) is 21.2. The average molecular weight is 397 g/mol. The monoisotopic (exact) mass is 397 g/mol. The highest BCUT2D eigenvalue weighted by Gasteiger charge is 2.49. The van der Waals surface area contributed by atoms with Gasteiger partial charge in [-0.05, 0) is 61.9 Å². The third kappa shape index (κ3) is 2.56. The summed E-state index contributed by atoms with van der Waals surface area (Å²) in [5.74, 6) is 0.0184. The quantitative estimate of drug-likeness (QED) is 0.620. The van der Waals surface area contributed by atoms with Gasteiger partial charge < -0.3 is 15.2 Å². The van der Waals surface area contributed by atoms with Crippen LogP contribution in [0.2, 0.25) is 0 Å². The number of hydrogen-bond acceptors (Lipinski definition) is 2. The molecule has 1 fully saturated rings. The lowest BCUT2D eigenvalue weighted by molar-refractivity contribution is -0.122. The summed E-state index contributed by atoms with van der Waals surface area (Å²) in [6, 6.07) is 9.75. The van der Waals surface area contributed by atoms with Crippen molar-refractivity contribution in [2.24, 2.45) is 0 Å². The Kier molecular flexibility index (Phi) is 4.11. The summed E-state index contributed by atoms with van der Waals surface area (Å²) in [6.07, 6.45) is 1.19. The maximum Gasteiger partial charge on any atom is 0.270 e. The van der Waals surface area contributed by atoms with Crippen molar-refractivity contribution in [2.45, 2.75) is 39.0 Å². The second kappa shape index (κ2) is 6.49. The Balaban J connectivity index is 1.43. The van der Waals surface area contributed by atoms with Gasteiger partial charge in [-0.3, -0.25) is 9.59 Å². The molecule has 0 aliphatic carbocycles. The smallest absolute Gasteiger partial charge is 0.270 e. The van der Waals surface area contributed by atoms with Gasteiger partial charge in [0.05, 0.1) is 5.41 Å². The van der Waals surface area contributed by atoms with Gasteiger partial charge in [0.1, 0.15) is 13.5 Å². The molecule has 6 heteroatoms. The van der Waals surface area contributed by atoms with Crippen LogP contribution in [0.15, 0.2) is 30.3 Å². The summed E-state index contributed by atoms with van der Waals surface area (Å²) < 4.78 is 0. The molecule has 3 heterocycles. The minimum atomic E-state index is -0.593. The maximum absolute atomic E-state index is 13.3.